The van der Waals surface area contributed by atoms with Gasteiger partial charge >= 0.3 is 0 Å². The predicted molar refractivity (Wildman–Crippen MR) is 99.4 cm³/mol. The van der Waals surface area contributed by atoms with Crippen molar-refractivity contribution in [3.8, 4) is 0 Å². The zero-order valence-corrected chi connectivity index (χ0v) is 16.0. The average molecular weight is 381 g/mol. The SMILES string of the molecule is CS(=O)(=O)N1CCN(Cc2cccc(C(=O)NCC3CCCO3)c2)CC1. The highest BCUT2D eigenvalue weighted by molar-refractivity contribution is 7.88. The van der Waals surface area contributed by atoms with Crippen LogP contribution in [-0.4, -0.2) is 75.2 Å². The molecule has 2 fully saturated rings. The van der Waals surface area contributed by atoms with Crippen LogP contribution in [0.3, 0.4) is 0 Å². The van der Waals surface area contributed by atoms with E-state index in [0.29, 0.717) is 44.8 Å². The molecule has 2 aliphatic heterocycles. The number of carbonyl (C=O) groups is 1. The molecule has 144 valence electrons. The maximum Gasteiger partial charge on any atom is 0.251 e. The molecule has 0 bridgehead atoms. The Labute approximate surface area is 155 Å². The topological polar surface area (TPSA) is 79.0 Å². The zero-order valence-electron chi connectivity index (χ0n) is 15.2. The van der Waals surface area contributed by atoms with Crippen molar-refractivity contribution < 1.29 is 17.9 Å². The van der Waals surface area contributed by atoms with Crippen LogP contribution in [0.25, 0.3) is 0 Å². The first-order valence-electron chi connectivity index (χ1n) is 9.08. The molecule has 3 rings (SSSR count). The minimum Gasteiger partial charge on any atom is -0.376 e. The summed E-state index contributed by atoms with van der Waals surface area (Å²) < 4.78 is 30.2. The van der Waals surface area contributed by atoms with Crippen LogP contribution < -0.4 is 5.32 Å². The van der Waals surface area contributed by atoms with Crippen LogP contribution in [0.4, 0.5) is 0 Å². The van der Waals surface area contributed by atoms with E-state index in [1.807, 2.05) is 24.3 Å². The standard InChI is InChI=1S/C18H27N3O4S/c1-26(23,24)21-9-7-20(8-10-21)14-15-4-2-5-16(12-15)18(22)19-13-17-6-3-11-25-17/h2,4-5,12,17H,3,6-11,13-14H2,1H3,(H,19,22). The van der Waals surface area contributed by atoms with Crippen LogP contribution >= 0.6 is 0 Å². The van der Waals surface area contributed by atoms with Crippen molar-refractivity contribution >= 4 is 15.9 Å². The minimum absolute atomic E-state index is 0.0794. The van der Waals surface area contributed by atoms with Crippen LogP contribution in [0, 0.1) is 0 Å². The number of nitrogens with one attached hydrogen (secondary N) is 1. The van der Waals surface area contributed by atoms with Crippen molar-refractivity contribution in [2.45, 2.75) is 25.5 Å². The van der Waals surface area contributed by atoms with Crippen molar-refractivity contribution in [2.75, 3.05) is 45.6 Å². The molecule has 7 nitrogen and oxygen atoms in total. The number of rotatable bonds is 6. The quantitative estimate of drug-likeness (QED) is 0.784. The molecule has 2 heterocycles. The second kappa shape index (κ2) is 8.47. The second-order valence-corrected chi connectivity index (χ2v) is 8.97. The number of benzene rings is 1. The summed E-state index contributed by atoms with van der Waals surface area (Å²) in [6.45, 7) is 4.47. The van der Waals surface area contributed by atoms with Gasteiger partial charge in [-0.3, -0.25) is 9.69 Å². The van der Waals surface area contributed by atoms with E-state index in [1.54, 1.807) is 0 Å². The van der Waals surface area contributed by atoms with E-state index in [0.717, 1.165) is 25.0 Å². The number of sulfonamides is 1. The molecule has 0 radical (unpaired) electrons. The molecule has 1 aromatic carbocycles. The molecule has 1 aromatic rings. The average Bonchev–Trinajstić information content (AvgIpc) is 3.13. The lowest BCUT2D eigenvalue weighted by Crippen LogP contribution is -2.47. The Hall–Kier alpha value is -1.48. The number of hydrogen-bond donors (Lipinski definition) is 1. The van der Waals surface area contributed by atoms with Gasteiger partial charge in [0.05, 0.1) is 12.4 Å². The minimum atomic E-state index is -3.11. The van der Waals surface area contributed by atoms with Crippen molar-refractivity contribution in [3.63, 3.8) is 0 Å². The van der Waals surface area contributed by atoms with Crippen LogP contribution in [0.15, 0.2) is 24.3 Å². The van der Waals surface area contributed by atoms with Gasteiger partial charge in [0.25, 0.3) is 5.91 Å². The van der Waals surface area contributed by atoms with E-state index < -0.39 is 10.0 Å². The number of hydrogen-bond acceptors (Lipinski definition) is 5. The normalized spacial score (nSPS) is 22.4. The van der Waals surface area contributed by atoms with Gasteiger partial charge in [-0.15, -0.1) is 0 Å². The van der Waals surface area contributed by atoms with Crippen LogP contribution in [-0.2, 0) is 21.3 Å². The fourth-order valence-electron chi connectivity index (χ4n) is 3.40. The summed E-state index contributed by atoms with van der Waals surface area (Å²) >= 11 is 0. The number of amides is 1. The molecule has 0 saturated carbocycles. The summed E-state index contributed by atoms with van der Waals surface area (Å²) in [7, 11) is -3.11. The monoisotopic (exact) mass is 381 g/mol. The zero-order chi connectivity index (χ0) is 18.6. The molecule has 1 N–H and O–H groups in total. The van der Waals surface area contributed by atoms with E-state index in [9.17, 15) is 13.2 Å². The number of nitrogens with zero attached hydrogens (tertiary/aromatic N) is 2. The molecule has 2 saturated heterocycles. The third-order valence-electron chi connectivity index (χ3n) is 4.91. The Bertz CT molecular complexity index is 724. The highest BCUT2D eigenvalue weighted by Gasteiger charge is 2.23. The van der Waals surface area contributed by atoms with Crippen molar-refractivity contribution in [3.05, 3.63) is 35.4 Å². The summed E-state index contributed by atoms with van der Waals surface area (Å²) in [4.78, 5) is 14.6. The number of carbonyl (C=O) groups excluding carboxylic acids is 1. The van der Waals surface area contributed by atoms with Gasteiger partial charge in [-0.2, -0.15) is 4.31 Å². The fraction of sp³-hybridized carbons (Fsp3) is 0.611. The lowest BCUT2D eigenvalue weighted by atomic mass is 10.1. The van der Waals surface area contributed by atoms with Gasteiger partial charge in [-0.25, -0.2) is 8.42 Å². The van der Waals surface area contributed by atoms with Crippen molar-refractivity contribution in [1.82, 2.24) is 14.5 Å². The van der Waals surface area contributed by atoms with Crippen LogP contribution in [0.1, 0.15) is 28.8 Å². The Balaban J connectivity index is 1.51. The first-order valence-corrected chi connectivity index (χ1v) is 10.9. The molecule has 26 heavy (non-hydrogen) atoms. The number of piperazine rings is 1. The second-order valence-electron chi connectivity index (χ2n) is 6.98. The van der Waals surface area contributed by atoms with Gasteiger partial charge < -0.3 is 10.1 Å². The van der Waals surface area contributed by atoms with Crippen LogP contribution in [0.5, 0.6) is 0 Å². The lowest BCUT2D eigenvalue weighted by Gasteiger charge is -2.33. The number of ether oxygens (including phenoxy) is 1. The highest BCUT2D eigenvalue weighted by Crippen LogP contribution is 2.13. The molecular weight excluding hydrogens is 354 g/mol. The molecule has 0 aliphatic carbocycles. The highest BCUT2D eigenvalue weighted by atomic mass is 32.2. The Morgan fingerprint density at radius 3 is 2.69 bits per heavy atom. The van der Waals surface area contributed by atoms with E-state index in [4.69, 9.17) is 4.74 Å². The third kappa shape index (κ3) is 5.26. The fourth-order valence-corrected chi connectivity index (χ4v) is 4.23. The first-order chi connectivity index (χ1) is 12.4. The van der Waals surface area contributed by atoms with Gasteiger partial charge in [0.1, 0.15) is 0 Å². The summed E-state index contributed by atoms with van der Waals surface area (Å²) in [5, 5.41) is 2.94. The van der Waals surface area contributed by atoms with E-state index >= 15 is 0 Å². The van der Waals surface area contributed by atoms with Crippen molar-refractivity contribution in [1.29, 1.82) is 0 Å². The van der Waals surface area contributed by atoms with Gasteiger partial charge in [-0.05, 0) is 30.5 Å². The lowest BCUT2D eigenvalue weighted by molar-refractivity contribution is 0.0857. The third-order valence-corrected chi connectivity index (χ3v) is 6.21. The largest absolute Gasteiger partial charge is 0.376 e. The smallest absolute Gasteiger partial charge is 0.251 e. The molecule has 1 unspecified atom stereocenters. The molecule has 1 atom stereocenters. The summed E-state index contributed by atoms with van der Waals surface area (Å²) in [5.41, 5.74) is 1.71. The molecule has 0 aromatic heterocycles. The molecule has 8 heteroatoms. The Morgan fingerprint density at radius 1 is 1.27 bits per heavy atom. The maximum atomic E-state index is 12.3. The van der Waals surface area contributed by atoms with Gasteiger partial charge in [0.15, 0.2) is 0 Å². The van der Waals surface area contributed by atoms with E-state index in [1.165, 1.54) is 10.6 Å². The summed E-state index contributed by atoms with van der Waals surface area (Å²) in [6, 6.07) is 7.62. The maximum absolute atomic E-state index is 12.3. The van der Waals surface area contributed by atoms with Crippen molar-refractivity contribution in [2.24, 2.45) is 0 Å². The van der Waals surface area contributed by atoms with E-state index in [-0.39, 0.29) is 12.0 Å². The Morgan fingerprint density at radius 2 is 2.04 bits per heavy atom. The molecule has 1 amide bonds. The first kappa shape index (κ1) is 19.3. The summed E-state index contributed by atoms with van der Waals surface area (Å²) in [5.74, 6) is -0.0794. The van der Waals surface area contributed by atoms with Gasteiger partial charge in [0, 0.05) is 51.4 Å². The van der Waals surface area contributed by atoms with E-state index in [2.05, 4.69) is 10.2 Å². The van der Waals surface area contributed by atoms with Gasteiger partial charge in [-0.1, -0.05) is 12.1 Å². The van der Waals surface area contributed by atoms with Crippen LogP contribution in [0.2, 0.25) is 0 Å². The molecule has 2 aliphatic rings. The predicted octanol–water partition coefficient (Wildman–Crippen LogP) is 0.673. The Kier molecular flexibility index (Phi) is 6.29. The summed E-state index contributed by atoms with van der Waals surface area (Å²) in [6.07, 6.45) is 3.44. The molecular formula is C18H27N3O4S. The molecule has 0 spiro atoms. The van der Waals surface area contributed by atoms with Gasteiger partial charge in [0.2, 0.25) is 10.0 Å².